The van der Waals surface area contributed by atoms with Crippen LogP contribution in [0.15, 0.2) is 54.6 Å². The minimum atomic E-state index is -0.387. The molecule has 0 aromatic heterocycles. The van der Waals surface area contributed by atoms with E-state index in [4.69, 9.17) is 0 Å². The maximum absolute atomic E-state index is 13.6. The molecule has 4 heteroatoms. The summed E-state index contributed by atoms with van der Waals surface area (Å²) in [6, 6.07) is 16.6. The summed E-state index contributed by atoms with van der Waals surface area (Å²) in [6.45, 7) is 2.71. The molecule has 1 aliphatic rings. The summed E-state index contributed by atoms with van der Waals surface area (Å²) in [6.07, 6.45) is 1.63. The zero-order valence-electron chi connectivity index (χ0n) is 13.0. The van der Waals surface area contributed by atoms with Gasteiger partial charge in [0.15, 0.2) is 0 Å². The first-order chi connectivity index (χ1) is 11.2. The van der Waals surface area contributed by atoms with Crippen molar-refractivity contribution in [3.63, 3.8) is 0 Å². The molecule has 1 saturated heterocycles. The van der Waals surface area contributed by atoms with Crippen LogP contribution in [0.4, 0.5) is 10.1 Å². The van der Waals surface area contributed by atoms with E-state index < -0.39 is 0 Å². The number of likely N-dealkylation sites (tertiary alicyclic amines) is 1. The molecule has 0 saturated carbocycles. The average Bonchev–Trinajstić information content (AvgIpc) is 2.58. The van der Waals surface area contributed by atoms with Crippen molar-refractivity contribution in [3.05, 3.63) is 66.0 Å². The van der Waals surface area contributed by atoms with Crippen LogP contribution in [0.5, 0.6) is 0 Å². The Morgan fingerprint density at radius 3 is 2.39 bits per heavy atom. The molecule has 2 aromatic rings. The van der Waals surface area contributed by atoms with Crippen molar-refractivity contribution in [2.24, 2.45) is 5.92 Å². The number of halogens is 1. The zero-order valence-corrected chi connectivity index (χ0v) is 13.0. The second kappa shape index (κ2) is 7.38. The molecule has 0 atom stereocenters. The number of amides is 1. The van der Waals surface area contributed by atoms with Crippen molar-refractivity contribution in [2.45, 2.75) is 19.4 Å². The molecule has 1 N–H and O–H groups in total. The third-order valence-corrected chi connectivity index (χ3v) is 4.34. The number of hydrogen-bond donors (Lipinski definition) is 1. The van der Waals surface area contributed by atoms with Gasteiger partial charge in [0.05, 0.1) is 5.69 Å². The van der Waals surface area contributed by atoms with Gasteiger partial charge in [-0.3, -0.25) is 9.69 Å². The van der Waals surface area contributed by atoms with Crippen molar-refractivity contribution in [1.82, 2.24) is 4.90 Å². The van der Waals surface area contributed by atoms with E-state index in [9.17, 15) is 9.18 Å². The van der Waals surface area contributed by atoms with E-state index in [2.05, 4.69) is 22.3 Å². The quantitative estimate of drug-likeness (QED) is 0.934. The standard InChI is InChI=1S/C19H21FN2O/c20-17-8-4-5-9-18(17)21-19(23)16-10-12-22(13-11-16)14-15-6-2-1-3-7-15/h1-9,16H,10-14H2,(H,21,23). The van der Waals surface area contributed by atoms with E-state index in [0.717, 1.165) is 32.5 Å². The van der Waals surface area contributed by atoms with E-state index in [0.29, 0.717) is 0 Å². The molecule has 23 heavy (non-hydrogen) atoms. The summed E-state index contributed by atoms with van der Waals surface area (Å²) in [4.78, 5) is 14.7. The Bertz CT molecular complexity index is 651. The Hall–Kier alpha value is -2.20. The highest BCUT2D eigenvalue weighted by atomic mass is 19.1. The number of benzene rings is 2. The summed E-state index contributed by atoms with van der Waals surface area (Å²) in [5.41, 5.74) is 1.56. The van der Waals surface area contributed by atoms with Gasteiger partial charge in [-0.2, -0.15) is 0 Å². The molecule has 1 fully saturated rings. The molecular formula is C19H21FN2O. The van der Waals surface area contributed by atoms with Gasteiger partial charge in [0.1, 0.15) is 5.82 Å². The van der Waals surface area contributed by atoms with Crippen LogP contribution in [-0.2, 0) is 11.3 Å². The maximum atomic E-state index is 13.6. The van der Waals surface area contributed by atoms with Crippen LogP contribution in [-0.4, -0.2) is 23.9 Å². The molecule has 2 aromatic carbocycles. The summed E-state index contributed by atoms with van der Waals surface area (Å²) in [5, 5.41) is 2.71. The normalized spacial score (nSPS) is 16.2. The van der Waals surface area contributed by atoms with Crippen molar-refractivity contribution in [1.29, 1.82) is 0 Å². The Morgan fingerprint density at radius 1 is 1.04 bits per heavy atom. The van der Waals surface area contributed by atoms with Gasteiger partial charge in [0.25, 0.3) is 0 Å². The first kappa shape index (κ1) is 15.7. The molecule has 1 heterocycles. The van der Waals surface area contributed by atoms with Gasteiger partial charge in [-0.05, 0) is 43.6 Å². The van der Waals surface area contributed by atoms with Gasteiger partial charge in [0.2, 0.25) is 5.91 Å². The minimum absolute atomic E-state index is 0.0402. The van der Waals surface area contributed by atoms with E-state index >= 15 is 0 Å². The molecule has 0 bridgehead atoms. The average molecular weight is 312 g/mol. The minimum Gasteiger partial charge on any atom is -0.323 e. The second-order valence-electron chi connectivity index (χ2n) is 6.01. The van der Waals surface area contributed by atoms with Gasteiger partial charge >= 0.3 is 0 Å². The highest BCUT2D eigenvalue weighted by Gasteiger charge is 2.25. The van der Waals surface area contributed by atoms with Crippen LogP contribution in [0.2, 0.25) is 0 Å². The third-order valence-electron chi connectivity index (χ3n) is 4.34. The van der Waals surface area contributed by atoms with E-state index in [-0.39, 0.29) is 23.3 Å². The summed E-state index contributed by atoms with van der Waals surface area (Å²) in [5.74, 6) is -0.501. The first-order valence-corrected chi connectivity index (χ1v) is 8.04. The number of para-hydroxylation sites is 1. The maximum Gasteiger partial charge on any atom is 0.227 e. The summed E-state index contributed by atoms with van der Waals surface area (Å²) in [7, 11) is 0. The van der Waals surface area contributed by atoms with E-state index in [1.165, 1.54) is 11.6 Å². The van der Waals surface area contributed by atoms with Gasteiger partial charge in [-0.15, -0.1) is 0 Å². The third kappa shape index (κ3) is 4.17. The Kier molecular flexibility index (Phi) is 5.03. The molecule has 0 unspecified atom stereocenters. The number of anilines is 1. The fourth-order valence-electron chi connectivity index (χ4n) is 2.99. The van der Waals surface area contributed by atoms with E-state index in [1.54, 1.807) is 18.2 Å². The molecule has 0 radical (unpaired) electrons. The number of carbonyl (C=O) groups excluding carboxylic acids is 1. The van der Waals surface area contributed by atoms with Gasteiger partial charge in [0, 0.05) is 12.5 Å². The summed E-state index contributed by atoms with van der Waals surface area (Å²) < 4.78 is 13.6. The fraction of sp³-hybridized carbons (Fsp3) is 0.316. The highest BCUT2D eigenvalue weighted by Crippen LogP contribution is 2.21. The lowest BCUT2D eigenvalue weighted by Gasteiger charge is -2.31. The molecule has 3 rings (SSSR count). The number of carbonyl (C=O) groups is 1. The Morgan fingerprint density at radius 2 is 1.70 bits per heavy atom. The molecule has 0 aliphatic carbocycles. The Labute approximate surface area is 136 Å². The number of piperidine rings is 1. The first-order valence-electron chi connectivity index (χ1n) is 8.04. The number of rotatable bonds is 4. The lowest BCUT2D eigenvalue weighted by molar-refractivity contribution is -0.121. The predicted molar refractivity (Wildman–Crippen MR) is 89.5 cm³/mol. The second-order valence-corrected chi connectivity index (χ2v) is 6.01. The number of nitrogens with one attached hydrogen (secondary N) is 1. The summed E-state index contributed by atoms with van der Waals surface area (Å²) >= 11 is 0. The van der Waals surface area contributed by atoms with Crippen LogP contribution in [0, 0.1) is 11.7 Å². The lowest BCUT2D eigenvalue weighted by atomic mass is 9.95. The molecule has 120 valence electrons. The van der Waals surface area contributed by atoms with Crippen molar-refractivity contribution in [3.8, 4) is 0 Å². The molecule has 3 nitrogen and oxygen atoms in total. The van der Waals surface area contributed by atoms with Crippen LogP contribution in [0.3, 0.4) is 0 Å². The topological polar surface area (TPSA) is 32.3 Å². The van der Waals surface area contributed by atoms with Gasteiger partial charge < -0.3 is 5.32 Å². The largest absolute Gasteiger partial charge is 0.323 e. The number of nitrogens with zero attached hydrogens (tertiary/aromatic N) is 1. The van der Waals surface area contributed by atoms with Crippen LogP contribution in [0.25, 0.3) is 0 Å². The zero-order chi connectivity index (χ0) is 16.1. The van der Waals surface area contributed by atoms with Gasteiger partial charge in [-0.25, -0.2) is 4.39 Å². The van der Waals surface area contributed by atoms with Gasteiger partial charge in [-0.1, -0.05) is 42.5 Å². The molecule has 0 spiro atoms. The Balaban J connectivity index is 1.50. The van der Waals surface area contributed by atoms with Crippen LogP contribution in [0.1, 0.15) is 18.4 Å². The van der Waals surface area contributed by atoms with Crippen molar-refractivity contribution in [2.75, 3.05) is 18.4 Å². The molecule has 1 amide bonds. The fourth-order valence-corrected chi connectivity index (χ4v) is 2.99. The smallest absolute Gasteiger partial charge is 0.227 e. The van der Waals surface area contributed by atoms with Crippen molar-refractivity contribution >= 4 is 11.6 Å². The van der Waals surface area contributed by atoms with E-state index in [1.807, 2.05) is 18.2 Å². The monoisotopic (exact) mass is 312 g/mol. The predicted octanol–water partition coefficient (Wildman–Crippen LogP) is 3.68. The van der Waals surface area contributed by atoms with Crippen LogP contribution >= 0.6 is 0 Å². The van der Waals surface area contributed by atoms with Crippen molar-refractivity contribution < 1.29 is 9.18 Å². The molecule has 1 aliphatic heterocycles. The molecular weight excluding hydrogens is 291 g/mol. The SMILES string of the molecule is O=C(Nc1ccccc1F)C1CCN(Cc2ccccc2)CC1. The van der Waals surface area contributed by atoms with Crippen LogP contribution < -0.4 is 5.32 Å². The lowest BCUT2D eigenvalue weighted by Crippen LogP contribution is -2.37. The number of hydrogen-bond acceptors (Lipinski definition) is 2. The highest BCUT2D eigenvalue weighted by molar-refractivity contribution is 5.92.